The smallest absolute Gasteiger partial charge is 0.458 e. The van der Waals surface area contributed by atoms with Gasteiger partial charge in [0.25, 0.3) is 0 Å². The van der Waals surface area contributed by atoms with E-state index in [1.807, 2.05) is 37.3 Å². The van der Waals surface area contributed by atoms with Gasteiger partial charge in [-0.25, -0.2) is 8.42 Å². The molecule has 8 heteroatoms. The van der Waals surface area contributed by atoms with Gasteiger partial charge in [-0.2, -0.15) is 0 Å². The minimum absolute atomic E-state index is 0. The zero-order valence-corrected chi connectivity index (χ0v) is 16.6. The van der Waals surface area contributed by atoms with Crippen LogP contribution in [0.1, 0.15) is 17.2 Å². The SMILES string of the molecule is Cc1ccc(S(=O)(=O)[N-]Cl)cc1.NCC(O)c1ccccc1.[Na+]. The van der Waals surface area contributed by atoms with Gasteiger partial charge in [0.05, 0.1) is 6.10 Å². The fourth-order valence-electron chi connectivity index (χ4n) is 1.56. The maximum absolute atomic E-state index is 11.0. The van der Waals surface area contributed by atoms with E-state index < -0.39 is 16.1 Å². The molecular formula is C15H18ClN2NaO3S. The van der Waals surface area contributed by atoms with Crippen molar-refractivity contribution in [1.82, 2.24) is 0 Å². The Balaban J connectivity index is 0.000000409. The van der Waals surface area contributed by atoms with E-state index >= 15 is 0 Å². The molecule has 0 spiro atoms. The summed E-state index contributed by atoms with van der Waals surface area (Å²) in [5, 5.41) is 9.20. The Labute approximate surface area is 164 Å². The van der Waals surface area contributed by atoms with Crippen LogP contribution in [0.5, 0.6) is 0 Å². The molecule has 2 aromatic carbocycles. The number of benzene rings is 2. The van der Waals surface area contributed by atoms with Crippen molar-refractivity contribution in [2.45, 2.75) is 17.9 Å². The fraction of sp³-hybridized carbons (Fsp3) is 0.200. The van der Waals surface area contributed by atoms with E-state index in [9.17, 15) is 13.5 Å². The largest absolute Gasteiger partial charge is 1.00 e. The van der Waals surface area contributed by atoms with Gasteiger partial charge in [-0.05, 0) is 24.6 Å². The predicted molar refractivity (Wildman–Crippen MR) is 88.0 cm³/mol. The molecular weight excluding hydrogens is 347 g/mol. The van der Waals surface area contributed by atoms with Gasteiger partial charge in [0.15, 0.2) is 0 Å². The van der Waals surface area contributed by atoms with Crippen LogP contribution in [0.2, 0.25) is 0 Å². The van der Waals surface area contributed by atoms with E-state index in [1.54, 1.807) is 12.1 Å². The van der Waals surface area contributed by atoms with E-state index in [0.717, 1.165) is 11.1 Å². The van der Waals surface area contributed by atoms with E-state index in [0.29, 0.717) is 0 Å². The summed E-state index contributed by atoms with van der Waals surface area (Å²) in [4.78, 5) is 0.114. The molecule has 0 saturated heterocycles. The normalized spacial score (nSPS) is 11.7. The standard InChI is InChI=1S/C8H11NO.C7H7ClNO2S.Na/c9-6-8(10)7-4-2-1-3-5-7;1-6-2-4-7(5-3-6)12(10,11)9-8;/h1-5,8,10H,6,9H2;2-5H,1H3;/q;-1;+1. The molecule has 2 rings (SSSR count). The van der Waals surface area contributed by atoms with Crippen molar-refractivity contribution in [2.24, 2.45) is 5.73 Å². The van der Waals surface area contributed by atoms with Crippen LogP contribution in [-0.4, -0.2) is 20.1 Å². The summed E-state index contributed by atoms with van der Waals surface area (Å²) in [5.74, 6) is 0. The second-order valence-corrected chi connectivity index (χ2v) is 6.49. The molecule has 1 atom stereocenters. The summed E-state index contributed by atoms with van der Waals surface area (Å²) in [5.41, 5.74) is 7.12. The molecule has 0 aliphatic heterocycles. The summed E-state index contributed by atoms with van der Waals surface area (Å²) in [7, 11) is -3.62. The van der Waals surface area contributed by atoms with Crippen molar-refractivity contribution in [2.75, 3.05) is 6.54 Å². The Hall–Kier alpha value is -0.440. The van der Waals surface area contributed by atoms with Gasteiger partial charge in [0, 0.05) is 11.4 Å². The van der Waals surface area contributed by atoms with Gasteiger partial charge in [-0.15, -0.1) is 0 Å². The molecule has 0 aliphatic rings. The van der Waals surface area contributed by atoms with Gasteiger partial charge in [-0.3, -0.25) is 11.8 Å². The predicted octanol–water partition coefficient (Wildman–Crippen LogP) is -0.106. The summed E-state index contributed by atoms with van der Waals surface area (Å²) in [6, 6.07) is 15.7. The number of nitrogens with zero attached hydrogens (tertiary/aromatic N) is 1. The Bertz CT molecular complexity index is 667. The van der Waals surface area contributed by atoms with Crippen molar-refractivity contribution in [3.05, 3.63) is 70.0 Å². The molecule has 0 radical (unpaired) electrons. The molecule has 0 amide bonds. The summed E-state index contributed by atoms with van der Waals surface area (Å²) < 4.78 is 24.8. The summed E-state index contributed by atoms with van der Waals surface area (Å²) >= 11 is 4.90. The van der Waals surface area contributed by atoms with Gasteiger partial charge in [0.2, 0.25) is 0 Å². The molecule has 0 fully saturated rings. The number of aliphatic hydroxyl groups excluding tert-OH is 1. The van der Waals surface area contributed by atoms with Crippen LogP contribution in [0, 0.1) is 6.92 Å². The van der Waals surface area contributed by atoms with Crippen LogP contribution in [0.3, 0.4) is 0 Å². The second kappa shape index (κ2) is 11.2. The third-order valence-corrected chi connectivity index (χ3v) is 4.41. The first-order valence-corrected chi connectivity index (χ1v) is 8.26. The molecule has 0 aliphatic carbocycles. The third-order valence-electron chi connectivity index (χ3n) is 2.82. The van der Waals surface area contributed by atoms with Gasteiger partial charge >= 0.3 is 29.6 Å². The van der Waals surface area contributed by atoms with E-state index in [4.69, 9.17) is 17.5 Å². The summed E-state index contributed by atoms with van der Waals surface area (Å²) in [6.45, 7) is 2.15. The van der Waals surface area contributed by atoms with Crippen LogP contribution >= 0.6 is 11.8 Å². The van der Waals surface area contributed by atoms with Crippen molar-refractivity contribution in [1.29, 1.82) is 0 Å². The molecule has 0 bridgehead atoms. The second-order valence-electron chi connectivity index (χ2n) is 4.52. The van der Waals surface area contributed by atoms with Crippen LogP contribution in [0.25, 0.3) is 4.24 Å². The van der Waals surface area contributed by atoms with E-state index in [1.165, 1.54) is 12.1 Å². The molecule has 2 aromatic rings. The van der Waals surface area contributed by atoms with Gasteiger partial charge < -0.3 is 15.1 Å². The number of sulfonamides is 1. The van der Waals surface area contributed by atoms with Gasteiger partial charge in [0.1, 0.15) is 10.0 Å². The Morgan fingerprint density at radius 1 is 1.13 bits per heavy atom. The fourth-order valence-corrected chi connectivity index (χ4v) is 2.36. The number of hydrogen-bond acceptors (Lipinski definition) is 4. The summed E-state index contributed by atoms with van der Waals surface area (Å²) in [6.07, 6.45) is -0.513. The minimum atomic E-state index is -3.62. The quantitative estimate of drug-likeness (QED) is 0.740. The minimum Gasteiger partial charge on any atom is -0.458 e. The number of aryl methyl sites for hydroxylation is 1. The topological polar surface area (TPSA) is 94.5 Å². The van der Waals surface area contributed by atoms with E-state index in [2.05, 4.69) is 4.24 Å². The number of halogens is 1. The Kier molecular flexibility index (Phi) is 11.0. The van der Waals surface area contributed by atoms with Crippen molar-refractivity contribution < 1.29 is 43.1 Å². The molecule has 0 aromatic heterocycles. The average molecular weight is 365 g/mol. The number of hydrogen-bond donors (Lipinski definition) is 2. The number of rotatable bonds is 4. The first-order valence-electron chi connectivity index (χ1n) is 6.48. The van der Waals surface area contributed by atoms with Gasteiger partial charge in [-0.1, -0.05) is 48.0 Å². The Morgan fingerprint density at radius 3 is 2.09 bits per heavy atom. The first-order chi connectivity index (χ1) is 10.4. The number of nitrogens with two attached hydrogens (primary N) is 1. The molecule has 0 saturated carbocycles. The molecule has 1 unspecified atom stereocenters. The maximum Gasteiger partial charge on any atom is 1.00 e. The van der Waals surface area contributed by atoms with Crippen molar-refractivity contribution in [3.8, 4) is 0 Å². The molecule has 5 nitrogen and oxygen atoms in total. The number of aliphatic hydroxyl groups is 1. The third kappa shape index (κ3) is 7.78. The van der Waals surface area contributed by atoms with Crippen molar-refractivity contribution >= 4 is 21.8 Å². The zero-order valence-electron chi connectivity index (χ0n) is 13.1. The van der Waals surface area contributed by atoms with Crippen LogP contribution in [0.4, 0.5) is 0 Å². The van der Waals surface area contributed by atoms with Crippen LogP contribution in [0.15, 0.2) is 59.5 Å². The zero-order chi connectivity index (χ0) is 16.6. The van der Waals surface area contributed by atoms with Crippen LogP contribution in [-0.2, 0) is 10.0 Å². The molecule has 3 N–H and O–H groups in total. The van der Waals surface area contributed by atoms with Crippen LogP contribution < -0.4 is 35.3 Å². The molecule has 23 heavy (non-hydrogen) atoms. The Morgan fingerprint density at radius 2 is 1.65 bits per heavy atom. The average Bonchev–Trinajstić information content (AvgIpc) is 2.56. The molecule has 0 heterocycles. The molecule has 120 valence electrons. The monoisotopic (exact) mass is 364 g/mol. The maximum atomic E-state index is 11.0. The van der Waals surface area contributed by atoms with Crippen molar-refractivity contribution in [3.63, 3.8) is 0 Å². The first kappa shape index (κ1) is 22.6. The van der Waals surface area contributed by atoms with E-state index in [-0.39, 0.29) is 41.0 Å².